The normalized spacial score (nSPS) is 13.4. The summed E-state index contributed by atoms with van der Waals surface area (Å²) in [5.74, 6) is 0.0572. The third-order valence-corrected chi connectivity index (χ3v) is 5.39. The highest BCUT2D eigenvalue weighted by atomic mass is 35.5. The molecule has 0 heterocycles. The molecule has 0 bridgehead atoms. The van der Waals surface area contributed by atoms with Gasteiger partial charge in [-0.15, -0.1) is 11.8 Å². The maximum atomic E-state index is 12.6. The van der Waals surface area contributed by atoms with Crippen LogP contribution in [0.3, 0.4) is 0 Å². The number of hydrogen-bond donors (Lipinski definition) is 1. The van der Waals surface area contributed by atoms with Crippen molar-refractivity contribution in [3.8, 4) is 0 Å². The molecule has 0 aliphatic heterocycles. The van der Waals surface area contributed by atoms with Gasteiger partial charge in [-0.3, -0.25) is 4.79 Å². The molecule has 0 aliphatic carbocycles. The van der Waals surface area contributed by atoms with E-state index in [9.17, 15) is 4.79 Å². The van der Waals surface area contributed by atoms with Crippen LogP contribution in [0.15, 0.2) is 47.4 Å². The van der Waals surface area contributed by atoms with Gasteiger partial charge in [0.15, 0.2) is 0 Å². The first-order valence-corrected chi connectivity index (χ1v) is 9.46. The molecule has 0 aliphatic rings. The van der Waals surface area contributed by atoms with Crippen molar-refractivity contribution in [1.29, 1.82) is 0 Å². The van der Waals surface area contributed by atoms with Crippen LogP contribution in [-0.4, -0.2) is 11.2 Å². The minimum absolute atomic E-state index is 0.0476. The third-order valence-electron chi connectivity index (χ3n) is 4.02. The zero-order valence-corrected chi connectivity index (χ0v) is 16.2. The number of thioether (sulfide) groups is 1. The highest BCUT2D eigenvalue weighted by Crippen LogP contribution is 2.27. The lowest BCUT2D eigenvalue weighted by Crippen LogP contribution is -2.34. The van der Waals surface area contributed by atoms with E-state index in [4.69, 9.17) is 11.6 Å². The molecule has 1 N–H and O–H groups in total. The van der Waals surface area contributed by atoms with E-state index in [2.05, 4.69) is 44.3 Å². The summed E-state index contributed by atoms with van der Waals surface area (Å²) in [6.07, 6.45) is 0.869. The molecule has 2 nitrogen and oxygen atoms in total. The molecule has 0 radical (unpaired) electrons. The van der Waals surface area contributed by atoms with Crippen molar-refractivity contribution in [2.45, 2.75) is 50.3 Å². The molecule has 0 aromatic heterocycles. The van der Waals surface area contributed by atoms with Gasteiger partial charge >= 0.3 is 0 Å². The van der Waals surface area contributed by atoms with Crippen LogP contribution in [0, 0.1) is 13.8 Å². The maximum absolute atomic E-state index is 12.6. The maximum Gasteiger partial charge on any atom is 0.233 e. The lowest BCUT2D eigenvalue weighted by molar-refractivity contribution is -0.121. The van der Waals surface area contributed by atoms with Gasteiger partial charge in [-0.2, -0.15) is 0 Å². The van der Waals surface area contributed by atoms with E-state index in [0.717, 1.165) is 11.3 Å². The Morgan fingerprint density at radius 2 is 1.83 bits per heavy atom. The smallest absolute Gasteiger partial charge is 0.233 e. The van der Waals surface area contributed by atoms with Crippen LogP contribution in [0.2, 0.25) is 5.02 Å². The molecule has 1 amide bonds. The average molecular weight is 362 g/mol. The van der Waals surface area contributed by atoms with Crippen molar-refractivity contribution in [3.05, 3.63) is 64.2 Å². The Balaban J connectivity index is 2.04. The number of rotatable bonds is 6. The Hall–Kier alpha value is -1.45. The van der Waals surface area contributed by atoms with Gasteiger partial charge < -0.3 is 5.32 Å². The van der Waals surface area contributed by atoms with Gasteiger partial charge in [-0.25, -0.2) is 0 Å². The predicted octanol–water partition coefficient (Wildman–Crippen LogP) is 5.70. The van der Waals surface area contributed by atoms with Crippen molar-refractivity contribution in [2.75, 3.05) is 0 Å². The summed E-state index contributed by atoms with van der Waals surface area (Å²) >= 11 is 7.45. The van der Waals surface area contributed by atoms with E-state index >= 15 is 0 Å². The fourth-order valence-electron chi connectivity index (χ4n) is 2.68. The molecule has 0 spiro atoms. The monoisotopic (exact) mass is 361 g/mol. The Labute approximate surface area is 154 Å². The lowest BCUT2D eigenvalue weighted by Gasteiger charge is -2.22. The number of hydrogen-bond acceptors (Lipinski definition) is 2. The first kappa shape index (κ1) is 18.9. The Bertz CT molecular complexity index is 699. The number of amides is 1. The van der Waals surface area contributed by atoms with Gasteiger partial charge in [0.1, 0.15) is 0 Å². The summed E-state index contributed by atoms with van der Waals surface area (Å²) in [6, 6.07) is 14.0. The Morgan fingerprint density at radius 3 is 2.42 bits per heavy atom. The molecule has 0 saturated heterocycles. The molecule has 2 rings (SSSR count). The van der Waals surface area contributed by atoms with E-state index in [1.165, 1.54) is 16.7 Å². The van der Waals surface area contributed by atoms with Crippen LogP contribution in [-0.2, 0) is 4.79 Å². The number of benzene rings is 2. The van der Waals surface area contributed by atoms with Gasteiger partial charge in [0.2, 0.25) is 5.91 Å². The second kappa shape index (κ2) is 8.59. The van der Waals surface area contributed by atoms with E-state index in [-0.39, 0.29) is 17.2 Å². The van der Waals surface area contributed by atoms with Crippen LogP contribution >= 0.6 is 23.4 Å². The van der Waals surface area contributed by atoms with E-state index in [1.54, 1.807) is 11.8 Å². The number of aryl methyl sites for hydroxylation is 2. The largest absolute Gasteiger partial charge is 0.348 e. The zero-order valence-electron chi connectivity index (χ0n) is 14.6. The Morgan fingerprint density at radius 1 is 1.17 bits per heavy atom. The lowest BCUT2D eigenvalue weighted by atomic mass is 9.97. The van der Waals surface area contributed by atoms with Crippen LogP contribution in [0.5, 0.6) is 0 Å². The molecule has 0 fully saturated rings. The van der Waals surface area contributed by atoms with E-state index < -0.39 is 0 Å². The molecule has 0 saturated carbocycles. The van der Waals surface area contributed by atoms with Crippen molar-refractivity contribution >= 4 is 29.3 Å². The Kier molecular flexibility index (Phi) is 6.76. The van der Waals surface area contributed by atoms with Crippen molar-refractivity contribution in [2.24, 2.45) is 0 Å². The molecular formula is C20H24ClNOS. The van der Waals surface area contributed by atoms with Gasteiger partial charge in [-0.1, -0.05) is 42.3 Å². The quantitative estimate of drug-likeness (QED) is 0.668. The molecule has 2 aromatic carbocycles. The van der Waals surface area contributed by atoms with Crippen molar-refractivity contribution in [3.63, 3.8) is 0 Å². The first-order chi connectivity index (χ1) is 11.4. The highest BCUT2D eigenvalue weighted by molar-refractivity contribution is 8.00. The SMILES string of the molecule is CC[C@H](NC(=O)[C@@H](C)Sc1ccc(Cl)cc1)c1ccc(C)cc1C. The first-order valence-electron chi connectivity index (χ1n) is 8.20. The second-order valence-corrected chi connectivity index (χ2v) is 7.89. The van der Waals surface area contributed by atoms with Crippen molar-refractivity contribution < 1.29 is 4.79 Å². The minimum atomic E-state index is -0.161. The van der Waals surface area contributed by atoms with Gasteiger partial charge in [0.05, 0.1) is 11.3 Å². The summed E-state index contributed by atoms with van der Waals surface area (Å²) in [5, 5.41) is 3.73. The molecule has 2 atom stereocenters. The summed E-state index contributed by atoms with van der Waals surface area (Å²) in [5.41, 5.74) is 3.66. The molecule has 24 heavy (non-hydrogen) atoms. The fourth-order valence-corrected chi connectivity index (χ4v) is 3.68. The van der Waals surface area contributed by atoms with E-state index in [0.29, 0.717) is 5.02 Å². The summed E-state index contributed by atoms with van der Waals surface area (Å²) in [6.45, 7) is 8.22. The molecular weight excluding hydrogens is 338 g/mol. The van der Waals surface area contributed by atoms with Gasteiger partial charge in [0.25, 0.3) is 0 Å². The average Bonchev–Trinajstić information content (AvgIpc) is 2.55. The predicted molar refractivity (Wildman–Crippen MR) is 104 cm³/mol. The third kappa shape index (κ3) is 5.02. The van der Waals surface area contributed by atoms with Gasteiger partial charge in [0, 0.05) is 9.92 Å². The number of nitrogens with one attached hydrogen (secondary N) is 1. The molecule has 4 heteroatoms. The van der Waals surface area contributed by atoms with Crippen molar-refractivity contribution in [1.82, 2.24) is 5.32 Å². The topological polar surface area (TPSA) is 29.1 Å². The zero-order chi connectivity index (χ0) is 17.7. The molecule has 2 aromatic rings. The standard InChI is InChI=1S/C20H24ClNOS/c1-5-19(18-11-6-13(2)12-14(18)3)22-20(23)15(4)24-17-9-7-16(21)8-10-17/h6-12,15,19H,5H2,1-4H3,(H,22,23)/t15-,19+/m1/s1. The fraction of sp³-hybridized carbons (Fsp3) is 0.350. The van der Waals surface area contributed by atoms with Crippen LogP contribution in [0.4, 0.5) is 0 Å². The summed E-state index contributed by atoms with van der Waals surface area (Å²) in [7, 11) is 0. The number of halogens is 1. The minimum Gasteiger partial charge on any atom is -0.348 e. The summed E-state index contributed by atoms with van der Waals surface area (Å²) in [4.78, 5) is 13.6. The molecule has 128 valence electrons. The van der Waals surface area contributed by atoms with Crippen LogP contribution < -0.4 is 5.32 Å². The van der Waals surface area contributed by atoms with Crippen LogP contribution in [0.25, 0.3) is 0 Å². The number of carbonyl (C=O) groups excluding carboxylic acids is 1. The van der Waals surface area contributed by atoms with E-state index in [1.807, 2.05) is 31.2 Å². The van der Waals surface area contributed by atoms with Gasteiger partial charge in [-0.05, 0) is 62.6 Å². The highest BCUT2D eigenvalue weighted by Gasteiger charge is 2.20. The summed E-state index contributed by atoms with van der Waals surface area (Å²) < 4.78 is 0. The second-order valence-electron chi connectivity index (χ2n) is 6.04. The van der Waals surface area contributed by atoms with Crippen LogP contribution in [0.1, 0.15) is 43.0 Å². The molecule has 0 unspecified atom stereocenters. The number of carbonyl (C=O) groups is 1.